The fourth-order valence-electron chi connectivity index (χ4n) is 2.22. The molecule has 0 bridgehead atoms. The zero-order chi connectivity index (χ0) is 14.4. The Morgan fingerprint density at radius 1 is 1.05 bits per heavy atom. The number of anilines is 2. The van der Waals surface area contributed by atoms with Gasteiger partial charge in [-0.15, -0.1) is 0 Å². The molecule has 3 heteroatoms. The van der Waals surface area contributed by atoms with Gasteiger partial charge in [0.05, 0.1) is 0 Å². The van der Waals surface area contributed by atoms with Gasteiger partial charge in [-0.05, 0) is 49.7 Å². The summed E-state index contributed by atoms with van der Waals surface area (Å²) >= 11 is 0. The first kappa shape index (κ1) is 14.4. The molecule has 2 nitrogen and oxygen atoms in total. The number of nitrogens with one attached hydrogen (secondary N) is 1. The van der Waals surface area contributed by atoms with Crippen LogP contribution in [0.25, 0.3) is 0 Å². The molecule has 0 atom stereocenters. The number of halogens is 1. The highest BCUT2D eigenvalue weighted by molar-refractivity contribution is 5.51. The molecule has 2 aromatic carbocycles. The lowest BCUT2D eigenvalue weighted by Gasteiger charge is -2.23. The lowest BCUT2D eigenvalue weighted by atomic mass is 10.2. The summed E-state index contributed by atoms with van der Waals surface area (Å²) in [5.41, 5.74) is 3.47. The molecule has 0 spiro atoms. The Balaban J connectivity index is 1.91. The molecule has 0 fully saturated rings. The predicted octanol–water partition coefficient (Wildman–Crippen LogP) is 4.07. The minimum atomic E-state index is -0.192. The summed E-state index contributed by atoms with van der Waals surface area (Å²) in [5.74, 6) is -0.192. The first-order valence-electron chi connectivity index (χ1n) is 7.00. The van der Waals surface area contributed by atoms with E-state index < -0.39 is 0 Å². The van der Waals surface area contributed by atoms with Gasteiger partial charge in [-0.2, -0.15) is 0 Å². The maximum Gasteiger partial charge on any atom is 0.123 e. The van der Waals surface area contributed by atoms with Crippen LogP contribution in [-0.2, 0) is 0 Å². The smallest absolute Gasteiger partial charge is 0.123 e. The van der Waals surface area contributed by atoms with E-state index >= 15 is 0 Å². The maximum absolute atomic E-state index is 12.9. The Labute approximate surface area is 120 Å². The molecule has 1 N–H and O–H groups in total. The standard InChI is InChI=1S/C17H21FN2/c1-3-20(16-10-8-15(18)9-11-16)13-12-19-17-7-5-4-6-14(17)2/h4-11,19H,3,12-13H2,1-2H3. The molecular formula is C17H21FN2. The van der Waals surface area contributed by atoms with E-state index in [1.165, 1.54) is 23.4 Å². The highest BCUT2D eigenvalue weighted by atomic mass is 19.1. The van der Waals surface area contributed by atoms with E-state index in [9.17, 15) is 4.39 Å². The Kier molecular flexibility index (Phi) is 4.99. The molecule has 0 aliphatic rings. The van der Waals surface area contributed by atoms with Crippen LogP contribution >= 0.6 is 0 Å². The molecule has 0 saturated heterocycles. The first-order valence-corrected chi connectivity index (χ1v) is 7.00. The Bertz CT molecular complexity index is 537. The third-order valence-corrected chi connectivity index (χ3v) is 3.42. The van der Waals surface area contributed by atoms with Gasteiger partial charge in [0.2, 0.25) is 0 Å². The third-order valence-electron chi connectivity index (χ3n) is 3.42. The zero-order valence-electron chi connectivity index (χ0n) is 12.1. The van der Waals surface area contributed by atoms with E-state index in [0.29, 0.717) is 0 Å². The summed E-state index contributed by atoms with van der Waals surface area (Å²) in [6.45, 7) is 6.85. The van der Waals surface area contributed by atoms with Crippen LogP contribution in [0.15, 0.2) is 48.5 Å². The Morgan fingerprint density at radius 2 is 1.75 bits per heavy atom. The van der Waals surface area contributed by atoms with Gasteiger partial charge in [-0.1, -0.05) is 18.2 Å². The maximum atomic E-state index is 12.9. The fourth-order valence-corrected chi connectivity index (χ4v) is 2.22. The lowest BCUT2D eigenvalue weighted by molar-refractivity contribution is 0.627. The van der Waals surface area contributed by atoms with Crippen LogP contribution in [0.1, 0.15) is 12.5 Å². The quantitative estimate of drug-likeness (QED) is 0.852. The van der Waals surface area contributed by atoms with Crippen LogP contribution in [-0.4, -0.2) is 19.6 Å². The summed E-state index contributed by atoms with van der Waals surface area (Å²) in [5, 5.41) is 3.44. The largest absolute Gasteiger partial charge is 0.383 e. The highest BCUT2D eigenvalue weighted by Gasteiger charge is 2.04. The van der Waals surface area contributed by atoms with E-state index in [1.807, 2.05) is 24.3 Å². The van der Waals surface area contributed by atoms with E-state index in [0.717, 1.165) is 25.3 Å². The van der Waals surface area contributed by atoms with Crippen molar-refractivity contribution in [1.29, 1.82) is 0 Å². The van der Waals surface area contributed by atoms with Crippen LogP contribution < -0.4 is 10.2 Å². The number of benzene rings is 2. The van der Waals surface area contributed by atoms with Gasteiger partial charge >= 0.3 is 0 Å². The summed E-state index contributed by atoms with van der Waals surface area (Å²) < 4.78 is 12.9. The van der Waals surface area contributed by atoms with Crippen molar-refractivity contribution in [3.8, 4) is 0 Å². The van der Waals surface area contributed by atoms with Crippen molar-refractivity contribution in [1.82, 2.24) is 0 Å². The molecule has 2 rings (SSSR count). The van der Waals surface area contributed by atoms with Gasteiger partial charge in [-0.25, -0.2) is 4.39 Å². The molecule has 0 heterocycles. The first-order chi connectivity index (χ1) is 9.70. The Hall–Kier alpha value is -2.03. The van der Waals surface area contributed by atoms with Gasteiger partial charge in [0.15, 0.2) is 0 Å². The average Bonchev–Trinajstić information content (AvgIpc) is 2.47. The van der Waals surface area contributed by atoms with Crippen molar-refractivity contribution in [3.05, 3.63) is 59.9 Å². The minimum absolute atomic E-state index is 0.192. The number of para-hydroxylation sites is 1. The van der Waals surface area contributed by atoms with Gasteiger partial charge in [-0.3, -0.25) is 0 Å². The molecule has 0 unspecified atom stereocenters. The van der Waals surface area contributed by atoms with Crippen molar-refractivity contribution in [2.45, 2.75) is 13.8 Å². The van der Waals surface area contributed by atoms with E-state index in [4.69, 9.17) is 0 Å². The molecule has 106 valence electrons. The lowest BCUT2D eigenvalue weighted by Crippen LogP contribution is -2.28. The molecular weight excluding hydrogens is 251 g/mol. The summed E-state index contributed by atoms with van der Waals surface area (Å²) in [6.07, 6.45) is 0. The second-order valence-corrected chi connectivity index (χ2v) is 4.80. The van der Waals surface area contributed by atoms with E-state index in [1.54, 1.807) is 0 Å². The zero-order valence-corrected chi connectivity index (χ0v) is 12.1. The second kappa shape index (κ2) is 6.94. The van der Waals surface area contributed by atoms with Crippen molar-refractivity contribution in [3.63, 3.8) is 0 Å². The van der Waals surface area contributed by atoms with Crippen molar-refractivity contribution >= 4 is 11.4 Å². The van der Waals surface area contributed by atoms with Crippen LogP contribution in [0.5, 0.6) is 0 Å². The Morgan fingerprint density at radius 3 is 2.40 bits per heavy atom. The van der Waals surface area contributed by atoms with Crippen LogP contribution in [0.4, 0.5) is 15.8 Å². The van der Waals surface area contributed by atoms with Gasteiger partial charge < -0.3 is 10.2 Å². The molecule has 0 aliphatic heterocycles. The van der Waals surface area contributed by atoms with Gasteiger partial charge in [0.25, 0.3) is 0 Å². The van der Waals surface area contributed by atoms with Gasteiger partial charge in [0.1, 0.15) is 5.82 Å². The topological polar surface area (TPSA) is 15.3 Å². The minimum Gasteiger partial charge on any atom is -0.383 e. The average molecular weight is 272 g/mol. The highest BCUT2D eigenvalue weighted by Crippen LogP contribution is 2.15. The number of hydrogen-bond acceptors (Lipinski definition) is 2. The van der Waals surface area contributed by atoms with Crippen molar-refractivity contribution in [2.75, 3.05) is 29.9 Å². The normalized spacial score (nSPS) is 10.3. The van der Waals surface area contributed by atoms with Gasteiger partial charge in [0, 0.05) is 31.0 Å². The number of likely N-dealkylation sites (N-methyl/N-ethyl adjacent to an activating group) is 1. The fraction of sp³-hybridized carbons (Fsp3) is 0.294. The monoisotopic (exact) mass is 272 g/mol. The molecule has 20 heavy (non-hydrogen) atoms. The van der Waals surface area contributed by atoms with Crippen LogP contribution in [0.3, 0.4) is 0 Å². The number of rotatable bonds is 6. The molecule has 0 saturated carbocycles. The molecule has 2 aromatic rings. The third kappa shape index (κ3) is 3.73. The number of nitrogens with zero attached hydrogens (tertiary/aromatic N) is 1. The summed E-state index contributed by atoms with van der Waals surface area (Å²) in [6, 6.07) is 14.9. The van der Waals surface area contributed by atoms with Crippen LogP contribution in [0.2, 0.25) is 0 Å². The number of hydrogen-bond donors (Lipinski definition) is 1. The van der Waals surface area contributed by atoms with E-state index in [-0.39, 0.29) is 5.82 Å². The second-order valence-electron chi connectivity index (χ2n) is 4.80. The van der Waals surface area contributed by atoms with E-state index in [2.05, 4.69) is 36.2 Å². The van der Waals surface area contributed by atoms with Crippen LogP contribution in [0, 0.1) is 12.7 Å². The molecule has 0 amide bonds. The molecule has 0 aliphatic carbocycles. The molecule has 0 radical (unpaired) electrons. The number of aryl methyl sites for hydroxylation is 1. The molecule has 0 aromatic heterocycles. The van der Waals surface area contributed by atoms with Crippen molar-refractivity contribution < 1.29 is 4.39 Å². The summed E-state index contributed by atoms with van der Waals surface area (Å²) in [4.78, 5) is 2.23. The van der Waals surface area contributed by atoms with Crippen molar-refractivity contribution in [2.24, 2.45) is 0 Å². The summed E-state index contributed by atoms with van der Waals surface area (Å²) in [7, 11) is 0. The predicted molar refractivity (Wildman–Crippen MR) is 84.0 cm³/mol. The SMILES string of the molecule is CCN(CCNc1ccccc1C)c1ccc(F)cc1.